The number of amides is 1. The van der Waals surface area contributed by atoms with Crippen LogP contribution in [0.1, 0.15) is 70.4 Å². The second-order valence-corrected chi connectivity index (χ2v) is 12.9. The van der Waals surface area contributed by atoms with E-state index >= 15 is 0 Å². The molecular formula is C29H37N3O4S. The zero-order valence-corrected chi connectivity index (χ0v) is 23.2. The summed E-state index contributed by atoms with van der Waals surface area (Å²) in [5.41, 5.74) is 2.62. The van der Waals surface area contributed by atoms with Crippen molar-refractivity contribution in [3.05, 3.63) is 28.8 Å². The molecule has 1 aromatic heterocycles. The number of benzene rings is 1. The molecule has 5 rings (SSSR count). The van der Waals surface area contributed by atoms with Gasteiger partial charge in [0, 0.05) is 25.1 Å². The standard InChI is InChI=1S/C29H37N3O4S/c1-16(21-13-26(33)31-14-21)35-25-12-20(10-24-27(25)37-17(2)32-24)22-11-23(30-15-22)18-6-8-19(9-7-18)28(34)36-29(3,4)5/h10-12,15-16,18-19,21,23H,6-9,13-14H2,1-5H3,(H,31,33)/t16-,18?,19?,21-,23?/m1/s1. The van der Waals surface area contributed by atoms with Crippen LogP contribution < -0.4 is 10.1 Å². The molecule has 1 saturated heterocycles. The smallest absolute Gasteiger partial charge is 0.309 e. The highest BCUT2D eigenvalue weighted by molar-refractivity contribution is 7.18. The van der Waals surface area contributed by atoms with Crippen LogP contribution in [0.2, 0.25) is 0 Å². The first-order valence-electron chi connectivity index (χ1n) is 13.4. The minimum absolute atomic E-state index is 0.00771. The van der Waals surface area contributed by atoms with Crippen molar-refractivity contribution in [3.8, 4) is 5.75 Å². The summed E-state index contributed by atoms with van der Waals surface area (Å²) < 4.78 is 13.1. The summed E-state index contributed by atoms with van der Waals surface area (Å²) in [7, 11) is 0. The van der Waals surface area contributed by atoms with Crippen molar-refractivity contribution in [1.82, 2.24) is 10.3 Å². The van der Waals surface area contributed by atoms with E-state index in [9.17, 15) is 9.59 Å². The summed E-state index contributed by atoms with van der Waals surface area (Å²) in [5, 5.41) is 3.90. The Morgan fingerprint density at radius 1 is 1.19 bits per heavy atom. The number of ether oxygens (including phenoxy) is 2. The van der Waals surface area contributed by atoms with Crippen LogP contribution in [0.3, 0.4) is 0 Å². The Kier molecular flexibility index (Phi) is 7.14. The molecule has 3 heterocycles. The number of hydrogen-bond acceptors (Lipinski definition) is 7. The van der Waals surface area contributed by atoms with Crippen molar-refractivity contribution in [2.24, 2.45) is 22.7 Å². The zero-order valence-electron chi connectivity index (χ0n) is 22.4. The number of nitrogens with one attached hydrogen (secondary N) is 1. The van der Waals surface area contributed by atoms with Crippen LogP contribution in [-0.2, 0) is 14.3 Å². The summed E-state index contributed by atoms with van der Waals surface area (Å²) in [5.74, 6) is 1.43. The lowest BCUT2D eigenvalue weighted by atomic mass is 9.78. The summed E-state index contributed by atoms with van der Waals surface area (Å²) >= 11 is 1.63. The number of nitrogens with zero attached hydrogens (tertiary/aromatic N) is 2. The Morgan fingerprint density at radius 3 is 2.62 bits per heavy atom. The van der Waals surface area contributed by atoms with Gasteiger partial charge in [-0.25, -0.2) is 4.98 Å². The number of esters is 1. The van der Waals surface area contributed by atoms with Gasteiger partial charge in [-0.2, -0.15) is 0 Å². The molecule has 2 aromatic rings. The Hall–Kier alpha value is -2.74. The Morgan fingerprint density at radius 2 is 1.95 bits per heavy atom. The molecule has 3 atom stereocenters. The molecule has 2 aliphatic heterocycles. The van der Waals surface area contributed by atoms with E-state index in [-0.39, 0.29) is 35.9 Å². The van der Waals surface area contributed by atoms with E-state index in [2.05, 4.69) is 23.5 Å². The fourth-order valence-electron chi connectivity index (χ4n) is 5.57. The van der Waals surface area contributed by atoms with Gasteiger partial charge in [-0.1, -0.05) is 6.08 Å². The molecule has 8 heteroatoms. The molecule has 7 nitrogen and oxygen atoms in total. The summed E-state index contributed by atoms with van der Waals surface area (Å²) in [6, 6.07) is 4.35. The Balaban J connectivity index is 1.30. The van der Waals surface area contributed by atoms with Crippen LogP contribution in [0.4, 0.5) is 0 Å². The molecule has 1 saturated carbocycles. The Bertz CT molecular complexity index is 1250. The van der Waals surface area contributed by atoms with Crippen LogP contribution in [-0.4, -0.2) is 47.4 Å². The quantitative estimate of drug-likeness (QED) is 0.506. The lowest BCUT2D eigenvalue weighted by molar-refractivity contribution is -0.161. The lowest BCUT2D eigenvalue weighted by Crippen LogP contribution is -2.32. The van der Waals surface area contributed by atoms with Gasteiger partial charge in [0.2, 0.25) is 5.91 Å². The van der Waals surface area contributed by atoms with Gasteiger partial charge in [-0.05, 0) is 89.5 Å². The minimum atomic E-state index is -0.440. The van der Waals surface area contributed by atoms with Crippen LogP contribution in [0, 0.1) is 24.7 Å². The van der Waals surface area contributed by atoms with Crippen LogP contribution >= 0.6 is 11.3 Å². The molecule has 1 aromatic carbocycles. The summed E-state index contributed by atoms with van der Waals surface area (Å²) in [4.78, 5) is 33.8. The molecule has 0 bridgehead atoms. The Labute approximate surface area is 222 Å². The molecule has 1 amide bonds. The van der Waals surface area contributed by atoms with Crippen molar-refractivity contribution in [1.29, 1.82) is 0 Å². The predicted octanol–water partition coefficient (Wildman–Crippen LogP) is 5.49. The molecule has 3 aliphatic rings. The number of carbonyl (C=O) groups is 2. The van der Waals surface area contributed by atoms with Crippen molar-refractivity contribution >= 4 is 45.2 Å². The van der Waals surface area contributed by atoms with Gasteiger partial charge in [0.1, 0.15) is 17.5 Å². The highest BCUT2D eigenvalue weighted by Gasteiger charge is 2.34. The fourth-order valence-corrected chi connectivity index (χ4v) is 6.43. The minimum Gasteiger partial charge on any atom is -0.489 e. The maximum Gasteiger partial charge on any atom is 0.309 e. The highest BCUT2D eigenvalue weighted by Crippen LogP contribution is 2.39. The largest absolute Gasteiger partial charge is 0.489 e. The lowest BCUT2D eigenvalue weighted by Gasteiger charge is -2.31. The number of aliphatic imine (C=N–C) groups is 1. The van der Waals surface area contributed by atoms with Gasteiger partial charge in [-0.15, -0.1) is 11.3 Å². The van der Waals surface area contributed by atoms with Crippen LogP contribution in [0.25, 0.3) is 15.8 Å². The number of allylic oxidation sites excluding steroid dienone is 1. The number of rotatable bonds is 6. The number of aryl methyl sites for hydroxylation is 1. The van der Waals surface area contributed by atoms with E-state index < -0.39 is 5.60 Å². The number of thiazole rings is 1. The zero-order chi connectivity index (χ0) is 26.3. The van der Waals surface area contributed by atoms with Crippen molar-refractivity contribution in [2.45, 2.75) is 84.5 Å². The van der Waals surface area contributed by atoms with E-state index in [1.807, 2.05) is 40.8 Å². The molecule has 1 unspecified atom stereocenters. The van der Waals surface area contributed by atoms with E-state index in [1.165, 1.54) is 0 Å². The number of carbonyl (C=O) groups excluding carboxylic acids is 2. The first kappa shape index (κ1) is 25.9. The van der Waals surface area contributed by atoms with Gasteiger partial charge >= 0.3 is 5.97 Å². The first-order valence-corrected chi connectivity index (χ1v) is 14.2. The van der Waals surface area contributed by atoms with E-state index in [1.54, 1.807) is 11.3 Å². The molecule has 1 aliphatic carbocycles. The van der Waals surface area contributed by atoms with Gasteiger partial charge in [0.25, 0.3) is 0 Å². The van der Waals surface area contributed by atoms with Gasteiger partial charge in [-0.3, -0.25) is 14.6 Å². The van der Waals surface area contributed by atoms with Crippen LogP contribution in [0.15, 0.2) is 23.2 Å². The second kappa shape index (κ2) is 10.2. The normalized spacial score (nSPS) is 26.7. The van der Waals surface area contributed by atoms with E-state index in [4.69, 9.17) is 19.5 Å². The number of aromatic nitrogens is 1. The SMILES string of the molecule is Cc1nc2cc(C3=CC(C4CCC(C(=O)OC(C)(C)C)CC4)N=C3)cc(O[C@H](C)[C@H]3CNC(=O)C3)c2s1. The maximum absolute atomic E-state index is 12.5. The maximum atomic E-state index is 12.5. The predicted molar refractivity (Wildman–Crippen MR) is 147 cm³/mol. The molecular weight excluding hydrogens is 486 g/mol. The van der Waals surface area contributed by atoms with Crippen LogP contribution in [0.5, 0.6) is 5.75 Å². The first-order chi connectivity index (χ1) is 17.6. The van der Waals surface area contributed by atoms with Gasteiger partial charge in [0.15, 0.2) is 0 Å². The third-order valence-electron chi connectivity index (χ3n) is 7.61. The molecule has 198 valence electrons. The highest BCUT2D eigenvalue weighted by atomic mass is 32.1. The fraction of sp³-hybridized carbons (Fsp3) is 0.586. The van der Waals surface area contributed by atoms with Gasteiger partial charge < -0.3 is 14.8 Å². The van der Waals surface area contributed by atoms with E-state index in [0.29, 0.717) is 18.9 Å². The third-order valence-corrected chi connectivity index (χ3v) is 8.61. The average molecular weight is 524 g/mol. The third kappa shape index (κ3) is 5.89. The van der Waals surface area contributed by atoms with Crippen molar-refractivity contribution < 1.29 is 19.1 Å². The average Bonchev–Trinajstić information content (AvgIpc) is 3.57. The van der Waals surface area contributed by atoms with Gasteiger partial charge in [0.05, 0.1) is 27.2 Å². The van der Waals surface area contributed by atoms with Crippen molar-refractivity contribution in [2.75, 3.05) is 6.54 Å². The topological polar surface area (TPSA) is 89.9 Å². The molecule has 2 fully saturated rings. The molecule has 0 spiro atoms. The molecule has 0 radical (unpaired) electrons. The molecule has 37 heavy (non-hydrogen) atoms. The number of hydrogen-bond donors (Lipinski definition) is 1. The van der Waals surface area contributed by atoms with Crippen molar-refractivity contribution in [3.63, 3.8) is 0 Å². The molecule has 1 N–H and O–H groups in total. The van der Waals surface area contributed by atoms with E-state index in [0.717, 1.165) is 57.8 Å². The summed E-state index contributed by atoms with van der Waals surface area (Å²) in [6.07, 6.45) is 8.30. The second-order valence-electron chi connectivity index (χ2n) is 11.7. The summed E-state index contributed by atoms with van der Waals surface area (Å²) in [6.45, 7) is 10.5. The number of fused-ring (bicyclic) bond motifs is 1. The monoisotopic (exact) mass is 523 g/mol.